The molecule has 1 aliphatic rings. The Bertz CT molecular complexity index is 1750. The van der Waals surface area contributed by atoms with Gasteiger partial charge in [-0.3, -0.25) is 9.78 Å². The number of fused-ring (bicyclic) bond motifs is 1. The van der Waals surface area contributed by atoms with E-state index in [0.717, 1.165) is 35.1 Å². The Labute approximate surface area is 269 Å². The Morgan fingerprint density at radius 3 is 2.37 bits per heavy atom. The number of hydroxylamine groups is 1. The van der Waals surface area contributed by atoms with Crippen LogP contribution in [0.2, 0.25) is 0 Å². The first kappa shape index (κ1) is 32.4. The van der Waals surface area contributed by atoms with E-state index in [1.165, 1.54) is 12.0 Å². The quantitative estimate of drug-likeness (QED) is 0.187. The van der Waals surface area contributed by atoms with Crippen molar-refractivity contribution in [2.75, 3.05) is 27.3 Å². The van der Waals surface area contributed by atoms with Gasteiger partial charge < -0.3 is 19.1 Å². The van der Waals surface area contributed by atoms with E-state index in [9.17, 15) is 9.59 Å². The summed E-state index contributed by atoms with van der Waals surface area (Å²) in [5.41, 5.74) is 7.02. The first-order valence-corrected chi connectivity index (χ1v) is 15.2. The van der Waals surface area contributed by atoms with Gasteiger partial charge in [-0.25, -0.2) is 20.1 Å². The van der Waals surface area contributed by atoms with Crippen molar-refractivity contribution < 1.29 is 28.6 Å². The third kappa shape index (κ3) is 7.99. The molecule has 2 aromatic heterocycles. The first-order valence-electron chi connectivity index (χ1n) is 15.2. The van der Waals surface area contributed by atoms with Gasteiger partial charge in [-0.2, -0.15) is 0 Å². The lowest BCUT2D eigenvalue weighted by Crippen LogP contribution is -2.34. The highest BCUT2D eigenvalue weighted by Gasteiger charge is 2.25. The number of benzene rings is 2. The van der Waals surface area contributed by atoms with Crippen LogP contribution in [0.3, 0.4) is 0 Å². The number of hydrogen-bond acceptors (Lipinski definition) is 8. The van der Waals surface area contributed by atoms with Gasteiger partial charge in [0.25, 0.3) is 5.91 Å². The lowest BCUT2D eigenvalue weighted by Gasteiger charge is -2.23. The van der Waals surface area contributed by atoms with E-state index < -0.39 is 23.9 Å². The maximum atomic E-state index is 13.5. The summed E-state index contributed by atoms with van der Waals surface area (Å²) in [7, 11) is 3.17. The second-order valence-corrected chi connectivity index (χ2v) is 11.9. The number of pyridine rings is 2. The van der Waals surface area contributed by atoms with Gasteiger partial charge in [-0.1, -0.05) is 48.2 Å². The van der Waals surface area contributed by atoms with Crippen LogP contribution in [0.25, 0.3) is 33.3 Å². The molecule has 0 radical (unpaired) electrons. The SMILES string of the molecule is COc1c(-c2ccc(-c3ccc(C#CCN(C)C(=O)OC(C)(C)C)cc3)cc2)nc2ccncc2c1C(=O)NOC1CCCCO1. The smallest absolute Gasteiger partial charge is 0.410 e. The predicted octanol–water partition coefficient (Wildman–Crippen LogP) is 6.38. The number of amides is 2. The maximum Gasteiger partial charge on any atom is 0.410 e. The lowest BCUT2D eigenvalue weighted by atomic mass is 9.99. The van der Waals surface area contributed by atoms with E-state index in [0.29, 0.717) is 35.4 Å². The normalized spacial score (nSPS) is 14.6. The van der Waals surface area contributed by atoms with Crippen LogP contribution < -0.4 is 10.2 Å². The molecule has 0 saturated carbocycles. The van der Waals surface area contributed by atoms with E-state index in [1.54, 1.807) is 25.5 Å². The second kappa shape index (κ2) is 14.4. The zero-order chi connectivity index (χ0) is 32.7. The number of carbonyl (C=O) groups is 2. The summed E-state index contributed by atoms with van der Waals surface area (Å²) in [6, 6.07) is 17.5. The van der Waals surface area contributed by atoms with Crippen LogP contribution in [0, 0.1) is 11.8 Å². The third-order valence-electron chi connectivity index (χ3n) is 7.22. The third-order valence-corrected chi connectivity index (χ3v) is 7.22. The summed E-state index contributed by atoms with van der Waals surface area (Å²) in [5, 5.41) is 0.546. The van der Waals surface area contributed by atoms with Gasteiger partial charge in [-0.15, -0.1) is 0 Å². The molecule has 10 heteroatoms. The van der Waals surface area contributed by atoms with E-state index in [4.69, 9.17) is 24.0 Å². The first-order chi connectivity index (χ1) is 22.1. The van der Waals surface area contributed by atoms with Gasteiger partial charge in [0.2, 0.25) is 0 Å². The summed E-state index contributed by atoms with van der Waals surface area (Å²) >= 11 is 0. The number of nitrogens with one attached hydrogen (secondary N) is 1. The highest BCUT2D eigenvalue weighted by Crippen LogP contribution is 2.37. The number of carbonyl (C=O) groups excluding carboxylic acids is 2. The van der Waals surface area contributed by atoms with Crippen molar-refractivity contribution in [1.82, 2.24) is 20.3 Å². The van der Waals surface area contributed by atoms with E-state index in [2.05, 4.69) is 22.3 Å². The lowest BCUT2D eigenvalue weighted by molar-refractivity contribution is -0.186. The van der Waals surface area contributed by atoms with Crippen LogP contribution in [-0.2, 0) is 14.3 Å². The fraction of sp³-hybridized carbons (Fsp3) is 0.333. The van der Waals surface area contributed by atoms with Crippen molar-refractivity contribution in [1.29, 1.82) is 0 Å². The Morgan fingerprint density at radius 1 is 1.02 bits per heavy atom. The molecular weight excluding hydrogens is 584 g/mol. The maximum absolute atomic E-state index is 13.5. The van der Waals surface area contributed by atoms with E-state index in [1.807, 2.05) is 69.3 Å². The van der Waals surface area contributed by atoms with Crippen LogP contribution >= 0.6 is 0 Å². The highest BCUT2D eigenvalue weighted by molar-refractivity contribution is 6.09. The molecule has 3 heterocycles. The number of hydrogen-bond donors (Lipinski definition) is 1. The molecular formula is C36H38N4O6. The van der Waals surface area contributed by atoms with Crippen molar-refractivity contribution in [2.45, 2.75) is 51.9 Å². The Morgan fingerprint density at radius 2 is 1.72 bits per heavy atom. The van der Waals surface area contributed by atoms with Gasteiger partial charge in [0.1, 0.15) is 11.3 Å². The van der Waals surface area contributed by atoms with Gasteiger partial charge in [0, 0.05) is 49.0 Å². The van der Waals surface area contributed by atoms with Crippen LogP contribution in [-0.4, -0.2) is 66.1 Å². The Balaban J connectivity index is 1.33. The summed E-state index contributed by atoms with van der Waals surface area (Å²) < 4.78 is 16.7. The molecule has 1 unspecified atom stereocenters. The van der Waals surface area contributed by atoms with Crippen molar-refractivity contribution in [3.05, 3.63) is 78.1 Å². The summed E-state index contributed by atoms with van der Waals surface area (Å²) in [5.74, 6) is 5.97. The molecule has 0 aliphatic carbocycles. The molecule has 1 N–H and O–H groups in total. The van der Waals surface area contributed by atoms with Crippen molar-refractivity contribution in [3.63, 3.8) is 0 Å². The summed E-state index contributed by atoms with van der Waals surface area (Å²) in [4.78, 5) is 41.6. The van der Waals surface area contributed by atoms with Gasteiger partial charge in [-0.05, 0) is 62.9 Å². The fourth-order valence-corrected chi connectivity index (χ4v) is 4.91. The zero-order valence-corrected chi connectivity index (χ0v) is 26.8. The molecule has 46 heavy (non-hydrogen) atoms. The number of methoxy groups -OCH3 is 1. The number of aromatic nitrogens is 2. The minimum absolute atomic E-state index is 0.256. The number of rotatable bonds is 7. The van der Waals surface area contributed by atoms with Crippen LogP contribution in [0.4, 0.5) is 4.79 Å². The summed E-state index contributed by atoms with van der Waals surface area (Å²) in [6.45, 7) is 6.34. The summed E-state index contributed by atoms with van der Waals surface area (Å²) in [6.07, 6.45) is 4.98. The molecule has 1 aliphatic heterocycles. The highest BCUT2D eigenvalue weighted by atomic mass is 16.8. The molecule has 5 rings (SSSR count). The largest absolute Gasteiger partial charge is 0.494 e. The molecule has 0 bridgehead atoms. The topological polar surface area (TPSA) is 112 Å². The average molecular weight is 623 g/mol. The van der Waals surface area contributed by atoms with Gasteiger partial charge >= 0.3 is 6.09 Å². The van der Waals surface area contributed by atoms with Gasteiger partial charge in [0.15, 0.2) is 12.0 Å². The standard InChI is InChI=1S/C36H38N4O6/c1-36(2,3)45-35(42)40(4)21-8-9-24-11-13-25(14-12-24)26-15-17-27(18-16-26)32-33(43-5)31(28-23-37-20-19-29(28)38-32)34(41)39-46-30-10-6-7-22-44-30/h11-20,23,30H,6-7,10,21-22H2,1-5H3,(H,39,41). The van der Waals surface area contributed by atoms with Crippen molar-refractivity contribution >= 4 is 22.9 Å². The molecule has 2 amide bonds. The number of nitrogens with zero attached hydrogens (tertiary/aromatic N) is 3. The molecule has 1 saturated heterocycles. The average Bonchev–Trinajstić information content (AvgIpc) is 3.06. The van der Waals surface area contributed by atoms with Crippen LogP contribution in [0.1, 0.15) is 56.0 Å². The number of ether oxygens (including phenoxy) is 3. The molecule has 10 nitrogen and oxygen atoms in total. The minimum atomic E-state index is -0.554. The Hall–Kier alpha value is -4.98. The van der Waals surface area contributed by atoms with Gasteiger partial charge in [0.05, 0.1) is 24.7 Å². The molecule has 1 fully saturated rings. The molecule has 0 spiro atoms. The molecule has 1 atom stereocenters. The molecule has 238 valence electrons. The monoisotopic (exact) mass is 622 g/mol. The molecule has 4 aromatic rings. The Kier molecular flexibility index (Phi) is 10.2. The second-order valence-electron chi connectivity index (χ2n) is 11.9. The van der Waals surface area contributed by atoms with E-state index in [-0.39, 0.29) is 12.1 Å². The van der Waals surface area contributed by atoms with Crippen LogP contribution in [0.15, 0.2) is 67.0 Å². The predicted molar refractivity (Wildman–Crippen MR) is 175 cm³/mol. The van der Waals surface area contributed by atoms with Crippen molar-refractivity contribution in [3.8, 4) is 40.0 Å². The van der Waals surface area contributed by atoms with E-state index >= 15 is 0 Å². The molecule has 2 aromatic carbocycles. The van der Waals surface area contributed by atoms with Crippen LogP contribution in [0.5, 0.6) is 5.75 Å². The zero-order valence-electron chi connectivity index (χ0n) is 26.8. The van der Waals surface area contributed by atoms with Crippen molar-refractivity contribution in [2.24, 2.45) is 0 Å². The fourth-order valence-electron chi connectivity index (χ4n) is 4.91. The minimum Gasteiger partial charge on any atom is -0.494 e.